The number of hydrogen-bond donors (Lipinski definition) is 1. The summed E-state index contributed by atoms with van der Waals surface area (Å²) in [6.45, 7) is 1.50. The number of thioether (sulfide) groups is 1. The smallest absolute Gasteiger partial charge is 0.326 e. The molecule has 1 rings (SSSR count). The molecule has 0 fully saturated rings. The first kappa shape index (κ1) is 13.1. The third-order valence-corrected chi connectivity index (χ3v) is 4.28. The molecule has 4 nitrogen and oxygen atoms in total. The number of likely N-dealkylation sites (N-methyl/N-ethyl adjacent to an activating group) is 1. The summed E-state index contributed by atoms with van der Waals surface area (Å²) < 4.78 is 1.06. The van der Waals surface area contributed by atoms with Crippen molar-refractivity contribution in [2.24, 2.45) is 0 Å². The Hall–Kier alpha value is -1.01. The Balaban J connectivity index is 2.43. The fraction of sp³-hybridized carbons (Fsp3) is 0.400. The number of aliphatic carboxylic acids is 1. The molecule has 0 saturated heterocycles. The number of carboxylic acids is 1. The summed E-state index contributed by atoms with van der Waals surface area (Å²) >= 11 is 2.99. The lowest BCUT2D eigenvalue weighted by atomic mass is 10.3. The summed E-state index contributed by atoms with van der Waals surface area (Å²) in [5.74, 6) is -0.889. The molecule has 1 atom stereocenters. The van der Waals surface area contributed by atoms with Crippen molar-refractivity contribution in [3.8, 4) is 0 Å². The highest BCUT2D eigenvalue weighted by molar-refractivity contribution is 8.01. The van der Waals surface area contributed by atoms with Crippen molar-refractivity contribution in [3.05, 3.63) is 17.5 Å². The van der Waals surface area contributed by atoms with Crippen molar-refractivity contribution >= 4 is 35.0 Å². The first-order chi connectivity index (χ1) is 7.52. The van der Waals surface area contributed by atoms with Gasteiger partial charge in [0.25, 0.3) is 0 Å². The minimum atomic E-state index is -0.989. The van der Waals surface area contributed by atoms with Crippen LogP contribution < -0.4 is 0 Å². The summed E-state index contributed by atoms with van der Waals surface area (Å²) in [6.07, 6.45) is 0. The molecule has 0 aliphatic carbocycles. The van der Waals surface area contributed by atoms with Crippen LogP contribution in [-0.2, 0) is 9.59 Å². The summed E-state index contributed by atoms with van der Waals surface area (Å²) in [4.78, 5) is 23.6. The molecule has 0 saturated carbocycles. The molecule has 0 spiro atoms. The van der Waals surface area contributed by atoms with Crippen LogP contribution in [0.3, 0.4) is 0 Å². The van der Waals surface area contributed by atoms with Gasteiger partial charge in [-0.25, -0.2) is 4.79 Å². The van der Waals surface area contributed by atoms with E-state index in [0.717, 1.165) is 4.21 Å². The fourth-order valence-corrected chi connectivity index (χ4v) is 2.67. The second kappa shape index (κ2) is 5.91. The van der Waals surface area contributed by atoms with E-state index >= 15 is 0 Å². The predicted molar refractivity (Wildman–Crippen MR) is 64.9 cm³/mol. The van der Waals surface area contributed by atoms with Gasteiger partial charge in [0.2, 0.25) is 5.91 Å². The second-order valence-corrected chi connectivity index (χ2v) is 5.46. The maximum Gasteiger partial charge on any atom is 0.326 e. The second-order valence-electron chi connectivity index (χ2n) is 3.24. The van der Waals surface area contributed by atoms with Crippen LogP contribution in [0.5, 0.6) is 0 Å². The lowest BCUT2D eigenvalue weighted by Gasteiger charge is -2.20. The monoisotopic (exact) mass is 259 g/mol. The van der Waals surface area contributed by atoms with E-state index in [1.807, 2.05) is 17.5 Å². The van der Waals surface area contributed by atoms with Crippen molar-refractivity contribution in [3.63, 3.8) is 0 Å². The van der Waals surface area contributed by atoms with Crippen LogP contribution >= 0.6 is 23.1 Å². The summed E-state index contributed by atoms with van der Waals surface area (Å²) in [5, 5.41) is 10.7. The lowest BCUT2D eigenvalue weighted by Crippen LogP contribution is -2.41. The third kappa shape index (κ3) is 3.53. The molecular formula is C10H13NO3S2. The first-order valence-electron chi connectivity index (χ1n) is 4.67. The van der Waals surface area contributed by atoms with Gasteiger partial charge in [-0.3, -0.25) is 4.79 Å². The number of carbonyl (C=O) groups excluding carboxylic acids is 1. The number of rotatable bonds is 5. The number of amides is 1. The Labute approximate surface area is 102 Å². The fourth-order valence-electron chi connectivity index (χ4n) is 0.962. The van der Waals surface area contributed by atoms with Crippen molar-refractivity contribution < 1.29 is 14.7 Å². The van der Waals surface area contributed by atoms with Gasteiger partial charge in [-0.2, -0.15) is 0 Å². The van der Waals surface area contributed by atoms with Crippen LogP contribution in [0.4, 0.5) is 0 Å². The van der Waals surface area contributed by atoms with Crippen molar-refractivity contribution in [2.45, 2.75) is 17.2 Å². The van der Waals surface area contributed by atoms with Crippen molar-refractivity contribution in [1.29, 1.82) is 0 Å². The summed E-state index contributed by atoms with van der Waals surface area (Å²) in [5.41, 5.74) is 0. The maximum atomic E-state index is 11.6. The molecule has 1 heterocycles. The van der Waals surface area contributed by atoms with E-state index in [1.165, 1.54) is 30.6 Å². The molecule has 0 aliphatic rings. The number of carbonyl (C=O) groups is 2. The third-order valence-electron chi connectivity index (χ3n) is 2.16. The van der Waals surface area contributed by atoms with Crippen LogP contribution in [-0.4, -0.2) is 40.7 Å². The van der Waals surface area contributed by atoms with Crippen LogP contribution in [0.2, 0.25) is 0 Å². The highest BCUT2D eigenvalue weighted by atomic mass is 32.2. The zero-order chi connectivity index (χ0) is 12.1. The van der Waals surface area contributed by atoms with E-state index in [9.17, 15) is 9.59 Å². The molecule has 0 radical (unpaired) electrons. The van der Waals surface area contributed by atoms with Crippen molar-refractivity contribution in [1.82, 2.24) is 4.90 Å². The molecule has 1 aromatic rings. The Morgan fingerprint density at radius 3 is 2.81 bits per heavy atom. The van der Waals surface area contributed by atoms with Gasteiger partial charge < -0.3 is 10.0 Å². The normalized spacial score (nSPS) is 12.1. The number of thiophene rings is 1. The molecular weight excluding hydrogens is 246 g/mol. The predicted octanol–water partition coefficient (Wildman–Crippen LogP) is 1.77. The van der Waals surface area contributed by atoms with E-state index in [4.69, 9.17) is 5.11 Å². The summed E-state index contributed by atoms with van der Waals surface area (Å²) in [6, 6.07) is 3.07. The van der Waals surface area contributed by atoms with E-state index in [-0.39, 0.29) is 11.7 Å². The highest BCUT2D eigenvalue weighted by Crippen LogP contribution is 2.23. The van der Waals surface area contributed by atoms with E-state index in [2.05, 4.69) is 0 Å². The Morgan fingerprint density at radius 1 is 1.62 bits per heavy atom. The zero-order valence-corrected chi connectivity index (χ0v) is 10.7. The molecule has 16 heavy (non-hydrogen) atoms. The van der Waals surface area contributed by atoms with Crippen LogP contribution in [0, 0.1) is 0 Å². The van der Waals surface area contributed by atoms with Crippen molar-refractivity contribution in [2.75, 3.05) is 12.8 Å². The molecule has 1 unspecified atom stereocenters. The van der Waals surface area contributed by atoms with Gasteiger partial charge >= 0.3 is 5.97 Å². The van der Waals surface area contributed by atoms with Gasteiger partial charge in [0.15, 0.2) is 0 Å². The molecule has 6 heteroatoms. The zero-order valence-electron chi connectivity index (χ0n) is 9.04. The largest absolute Gasteiger partial charge is 0.480 e. The van der Waals surface area contributed by atoms with Gasteiger partial charge in [0.05, 0.1) is 9.96 Å². The van der Waals surface area contributed by atoms with E-state index in [1.54, 1.807) is 11.3 Å². The highest BCUT2D eigenvalue weighted by Gasteiger charge is 2.21. The Bertz CT molecular complexity index is 364. The Morgan fingerprint density at radius 2 is 2.31 bits per heavy atom. The molecule has 1 N–H and O–H groups in total. The number of hydrogen-bond acceptors (Lipinski definition) is 4. The first-order valence-corrected chi connectivity index (χ1v) is 6.53. The number of nitrogens with zero attached hydrogens (tertiary/aromatic N) is 1. The quantitative estimate of drug-likeness (QED) is 0.819. The number of carboxylic acid groups (broad SMARTS) is 1. The average molecular weight is 259 g/mol. The van der Waals surface area contributed by atoms with Gasteiger partial charge in [0, 0.05) is 7.05 Å². The van der Waals surface area contributed by atoms with E-state index < -0.39 is 12.0 Å². The van der Waals surface area contributed by atoms with Gasteiger partial charge in [-0.05, 0) is 18.4 Å². The molecule has 1 aromatic heterocycles. The molecule has 0 aromatic carbocycles. The standard InChI is InChI=1S/C10H13NO3S2/c1-7(10(13)14)11(2)8(12)6-16-9-4-3-5-15-9/h3-5,7H,6H2,1-2H3,(H,13,14). The van der Waals surface area contributed by atoms with Gasteiger partial charge in [0.1, 0.15) is 6.04 Å². The van der Waals surface area contributed by atoms with Crippen LogP contribution in [0.1, 0.15) is 6.92 Å². The van der Waals surface area contributed by atoms with Gasteiger partial charge in [-0.1, -0.05) is 6.07 Å². The lowest BCUT2D eigenvalue weighted by molar-refractivity contribution is -0.147. The van der Waals surface area contributed by atoms with Crippen LogP contribution in [0.15, 0.2) is 21.7 Å². The van der Waals surface area contributed by atoms with E-state index in [0.29, 0.717) is 0 Å². The summed E-state index contributed by atoms with van der Waals surface area (Å²) in [7, 11) is 1.51. The molecule has 1 amide bonds. The van der Waals surface area contributed by atoms with Crippen LogP contribution in [0.25, 0.3) is 0 Å². The maximum absolute atomic E-state index is 11.6. The average Bonchev–Trinajstić information content (AvgIpc) is 2.76. The Kier molecular flexibility index (Phi) is 4.82. The topological polar surface area (TPSA) is 57.6 Å². The molecule has 0 bridgehead atoms. The SMILES string of the molecule is CC(C(=O)O)N(C)C(=O)CSc1cccs1. The minimum absolute atomic E-state index is 0.173. The molecule has 88 valence electrons. The van der Waals surface area contributed by atoms with Gasteiger partial charge in [-0.15, -0.1) is 23.1 Å². The molecule has 0 aliphatic heterocycles. The minimum Gasteiger partial charge on any atom is -0.480 e.